The number of nitrogens with one attached hydrogen (secondary N) is 2. The summed E-state index contributed by atoms with van der Waals surface area (Å²) in [4.78, 5) is 24.3. The highest BCUT2D eigenvalue weighted by molar-refractivity contribution is 7.80. The molecule has 1 aliphatic rings. The zero-order valence-electron chi connectivity index (χ0n) is 13.4. The van der Waals surface area contributed by atoms with E-state index < -0.39 is 5.97 Å². The summed E-state index contributed by atoms with van der Waals surface area (Å²) in [6, 6.07) is 6.35. The smallest absolute Gasteiger partial charge is 0.341 e. The van der Waals surface area contributed by atoms with E-state index in [4.69, 9.17) is 22.1 Å². The van der Waals surface area contributed by atoms with Crippen LogP contribution in [0.2, 0.25) is 0 Å². The molecule has 0 amide bonds. The Bertz CT molecular complexity index is 860. The number of ether oxygens (including phenoxy) is 1. The first kappa shape index (κ1) is 17.4. The van der Waals surface area contributed by atoms with E-state index in [0.717, 1.165) is 24.8 Å². The third kappa shape index (κ3) is 3.64. The number of thiophene rings is 1. The Morgan fingerprint density at radius 1 is 1.28 bits per heavy atom. The minimum atomic E-state index is -1.01. The molecule has 1 aromatic carbocycles. The van der Waals surface area contributed by atoms with Crippen molar-refractivity contribution in [1.82, 2.24) is 0 Å². The van der Waals surface area contributed by atoms with Crippen LogP contribution in [-0.4, -0.2) is 29.3 Å². The van der Waals surface area contributed by atoms with Gasteiger partial charge in [0.15, 0.2) is 5.11 Å². The highest BCUT2D eigenvalue weighted by Crippen LogP contribution is 2.39. The van der Waals surface area contributed by atoms with Crippen molar-refractivity contribution < 1.29 is 19.4 Å². The van der Waals surface area contributed by atoms with E-state index >= 15 is 0 Å². The second-order valence-electron chi connectivity index (χ2n) is 5.52. The molecule has 0 saturated heterocycles. The fraction of sp³-hybridized carbons (Fsp3) is 0.235. The van der Waals surface area contributed by atoms with Crippen molar-refractivity contribution in [3.63, 3.8) is 0 Å². The third-order valence-electron chi connectivity index (χ3n) is 3.91. The Hall–Kier alpha value is -2.45. The number of fused-ring (bicyclic) bond motifs is 1. The summed E-state index contributed by atoms with van der Waals surface area (Å²) in [7, 11) is 1.36. The second-order valence-corrected chi connectivity index (χ2v) is 7.03. The largest absolute Gasteiger partial charge is 0.478 e. The molecule has 1 heterocycles. The molecule has 2 aromatic rings. The number of aryl methyl sites for hydroxylation is 1. The number of carboxylic acid groups (broad SMARTS) is 1. The van der Waals surface area contributed by atoms with Crippen molar-refractivity contribution in [3.8, 4) is 0 Å². The van der Waals surface area contributed by atoms with Gasteiger partial charge in [0.2, 0.25) is 0 Å². The fourth-order valence-electron chi connectivity index (χ4n) is 2.81. The van der Waals surface area contributed by atoms with Crippen LogP contribution in [0.15, 0.2) is 24.3 Å². The average molecular weight is 376 g/mol. The molecule has 1 aromatic heterocycles. The van der Waals surface area contributed by atoms with Crippen LogP contribution < -0.4 is 10.6 Å². The SMILES string of the molecule is COC(=O)c1c(NC(=S)Nc2cccc(C(=O)O)c2)sc2c1CCC2. The predicted octanol–water partition coefficient (Wildman–Crippen LogP) is 3.53. The Morgan fingerprint density at radius 2 is 2.08 bits per heavy atom. The molecule has 0 aliphatic heterocycles. The first-order valence-electron chi connectivity index (χ1n) is 7.64. The summed E-state index contributed by atoms with van der Waals surface area (Å²) in [6.07, 6.45) is 2.85. The maximum absolute atomic E-state index is 12.1. The molecule has 0 saturated carbocycles. The lowest BCUT2D eigenvalue weighted by Crippen LogP contribution is -2.20. The van der Waals surface area contributed by atoms with Gasteiger partial charge < -0.3 is 20.5 Å². The molecule has 0 atom stereocenters. The quantitative estimate of drug-likeness (QED) is 0.556. The summed E-state index contributed by atoms with van der Waals surface area (Å²) >= 11 is 6.81. The molecule has 1 aliphatic carbocycles. The van der Waals surface area contributed by atoms with Crippen molar-refractivity contribution in [1.29, 1.82) is 0 Å². The summed E-state index contributed by atoms with van der Waals surface area (Å²) in [6.45, 7) is 0. The van der Waals surface area contributed by atoms with Crippen LogP contribution in [0, 0.1) is 0 Å². The molecule has 25 heavy (non-hydrogen) atoms. The van der Waals surface area contributed by atoms with Gasteiger partial charge in [0.05, 0.1) is 18.2 Å². The number of hydrogen-bond donors (Lipinski definition) is 3. The molecule has 0 unspecified atom stereocenters. The van der Waals surface area contributed by atoms with Crippen LogP contribution in [0.4, 0.5) is 10.7 Å². The monoisotopic (exact) mass is 376 g/mol. The minimum Gasteiger partial charge on any atom is -0.478 e. The van der Waals surface area contributed by atoms with E-state index in [9.17, 15) is 9.59 Å². The van der Waals surface area contributed by atoms with Crippen LogP contribution >= 0.6 is 23.6 Å². The maximum atomic E-state index is 12.1. The molecule has 3 N–H and O–H groups in total. The van der Waals surface area contributed by atoms with Crippen molar-refractivity contribution in [2.75, 3.05) is 17.7 Å². The molecular weight excluding hydrogens is 360 g/mol. The first-order chi connectivity index (χ1) is 12.0. The summed E-state index contributed by atoms with van der Waals surface area (Å²) in [5, 5.41) is 16.0. The summed E-state index contributed by atoms with van der Waals surface area (Å²) in [5.41, 5.74) is 2.30. The van der Waals surface area contributed by atoms with E-state index in [1.165, 1.54) is 35.5 Å². The second kappa shape index (κ2) is 7.20. The van der Waals surface area contributed by atoms with Gasteiger partial charge in [-0.1, -0.05) is 6.07 Å². The van der Waals surface area contributed by atoms with Gasteiger partial charge in [0.1, 0.15) is 5.00 Å². The number of carbonyl (C=O) groups excluding carboxylic acids is 1. The molecule has 0 fully saturated rings. The number of thiocarbonyl (C=S) groups is 1. The lowest BCUT2D eigenvalue weighted by atomic mass is 10.1. The van der Waals surface area contributed by atoms with E-state index in [1.807, 2.05) is 0 Å². The zero-order valence-corrected chi connectivity index (χ0v) is 15.1. The normalized spacial score (nSPS) is 12.4. The van der Waals surface area contributed by atoms with Gasteiger partial charge in [-0.25, -0.2) is 9.59 Å². The van der Waals surface area contributed by atoms with Gasteiger partial charge >= 0.3 is 11.9 Å². The number of rotatable bonds is 4. The average Bonchev–Trinajstić information content (AvgIpc) is 3.14. The Labute approximate surface area is 153 Å². The predicted molar refractivity (Wildman–Crippen MR) is 101 cm³/mol. The van der Waals surface area contributed by atoms with Gasteiger partial charge in [-0.3, -0.25) is 0 Å². The fourth-order valence-corrected chi connectivity index (χ4v) is 4.37. The van der Waals surface area contributed by atoms with Crippen LogP contribution in [-0.2, 0) is 17.6 Å². The number of esters is 1. The van der Waals surface area contributed by atoms with E-state index in [-0.39, 0.29) is 16.6 Å². The van der Waals surface area contributed by atoms with Gasteiger partial charge in [-0.15, -0.1) is 11.3 Å². The highest BCUT2D eigenvalue weighted by atomic mass is 32.1. The molecule has 0 bridgehead atoms. The number of carbonyl (C=O) groups is 2. The third-order valence-corrected chi connectivity index (χ3v) is 5.32. The maximum Gasteiger partial charge on any atom is 0.341 e. The van der Waals surface area contributed by atoms with Crippen LogP contribution in [0.3, 0.4) is 0 Å². The molecule has 130 valence electrons. The number of benzene rings is 1. The summed E-state index contributed by atoms with van der Waals surface area (Å²) in [5.74, 6) is -1.39. The van der Waals surface area contributed by atoms with Crippen molar-refractivity contribution in [2.24, 2.45) is 0 Å². The van der Waals surface area contributed by atoms with Crippen LogP contribution in [0.5, 0.6) is 0 Å². The van der Waals surface area contributed by atoms with Crippen LogP contribution in [0.25, 0.3) is 0 Å². The Balaban J connectivity index is 1.79. The molecular formula is C17H16N2O4S2. The number of methoxy groups -OCH3 is 1. The van der Waals surface area contributed by atoms with E-state index in [2.05, 4.69) is 10.6 Å². The van der Waals surface area contributed by atoms with Gasteiger partial charge in [0, 0.05) is 10.6 Å². The number of carboxylic acids is 1. The topological polar surface area (TPSA) is 87.7 Å². The lowest BCUT2D eigenvalue weighted by Gasteiger charge is -2.11. The van der Waals surface area contributed by atoms with Crippen molar-refractivity contribution in [3.05, 3.63) is 45.8 Å². The zero-order chi connectivity index (χ0) is 18.0. The molecule has 3 rings (SSSR count). The first-order valence-corrected chi connectivity index (χ1v) is 8.86. The number of aromatic carboxylic acids is 1. The number of anilines is 2. The minimum absolute atomic E-state index is 0.165. The van der Waals surface area contributed by atoms with E-state index in [1.54, 1.807) is 12.1 Å². The van der Waals surface area contributed by atoms with Gasteiger partial charge in [0.25, 0.3) is 0 Å². The van der Waals surface area contributed by atoms with Crippen molar-refractivity contribution in [2.45, 2.75) is 19.3 Å². The standard InChI is InChI=1S/C17H16N2O4S2/c1-23-16(22)13-11-6-3-7-12(11)25-14(13)19-17(24)18-10-5-2-4-9(8-10)15(20)21/h2,4-5,8H,3,6-7H2,1H3,(H,20,21)(H2,18,19,24). The molecule has 0 radical (unpaired) electrons. The van der Waals surface area contributed by atoms with Crippen LogP contribution in [0.1, 0.15) is 37.6 Å². The number of hydrogen-bond acceptors (Lipinski definition) is 5. The Kier molecular flexibility index (Phi) is 5.00. The molecule has 0 spiro atoms. The summed E-state index contributed by atoms with van der Waals surface area (Å²) < 4.78 is 4.90. The highest BCUT2D eigenvalue weighted by Gasteiger charge is 2.27. The van der Waals surface area contributed by atoms with E-state index in [0.29, 0.717) is 16.3 Å². The van der Waals surface area contributed by atoms with Gasteiger partial charge in [-0.05, 0) is 55.2 Å². The molecule has 8 heteroatoms. The molecule has 6 nitrogen and oxygen atoms in total. The van der Waals surface area contributed by atoms with Gasteiger partial charge in [-0.2, -0.15) is 0 Å². The van der Waals surface area contributed by atoms with Crippen molar-refractivity contribution >= 4 is 51.3 Å². The lowest BCUT2D eigenvalue weighted by molar-refractivity contribution is 0.0600. The Morgan fingerprint density at radius 3 is 2.80 bits per heavy atom.